The lowest BCUT2D eigenvalue weighted by Crippen LogP contribution is -2.15. The monoisotopic (exact) mass is 196 g/mol. The first-order chi connectivity index (χ1) is 6.76. The Hall–Kier alpha value is -1.36. The van der Waals surface area contributed by atoms with Crippen molar-refractivity contribution in [3.63, 3.8) is 0 Å². The quantitative estimate of drug-likeness (QED) is 0.583. The van der Waals surface area contributed by atoms with E-state index in [0.717, 1.165) is 19.4 Å². The number of anilines is 1. The first-order valence-corrected chi connectivity index (χ1v) is 4.80. The Balaban J connectivity index is 2.67. The van der Waals surface area contributed by atoms with Crippen LogP contribution in [0.5, 0.6) is 0 Å². The van der Waals surface area contributed by atoms with E-state index in [1.807, 2.05) is 6.92 Å². The molecule has 1 rings (SSSR count). The van der Waals surface area contributed by atoms with Crippen LogP contribution in [-0.4, -0.2) is 23.1 Å². The maximum Gasteiger partial charge on any atom is 0.252 e. The molecule has 0 saturated heterocycles. The lowest BCUT2D eigenvalue weighted by atomic mass is 10.4. The average Bonchev–Trinajstić information content (AvgIpc) is 2.17. The number of nitrogens with two attached hydrogens (primary N) is 1. The molecule has 78 valence electrons. The molecule has 4 N–H and O–H groups in total. The standard InChI is InChI=1S/C9H16N4O/c1-2-7-12-8(6-9(14)13-7)11-5-3-4-10/h6H,2-5,10H2,1H3,(H2,11,12,13,14). The van der Waals surface area contributed by atoms with Gasteiger partial charge in [-0.2, -0.15) is 0 Å². The molecular weight excluding hydrogens is 180 g/mol. The second-order valence-corrected chi connectivity index (χ2v) is 3.00. The number of aromatic amines is 1. The van der Waals surface area contributed by atoms with Crippen molar-refractivity contribution in [2.45, 2.75) is 19.8 Å². The van der Waals surface area contributed by atoms with Gasteiger partial charge in [-0.05, 0) is 13.0 Å². The Bertz CT molecular complexity index is 334. The molecule has 5 heteroatoms. The van der Waals surface area contributed by atoms with Gasteiger partial charge in [0.25, 0.3) is 5.56 Å². The summed E-state index contributed by atoms with van der Waals surface area (Å²) in [5, 5.41) is 3.05. The predicted molar refractivity (Wildman–Crippen MR) is 56.4 cm³/mol. The number of nitrogens with one attached hydrogen (secondary N) is 2. The van der Waals surface area contributed by atoms with Crippen LogP contribution in [0.15, 0.2) is 10.9 Å². The number of aromatic nitrogens is 2. The van der Waals surface area contributed by atoms with E-state index in [9.17, 15) is 4.79 Å². The SMILES string of the molecule is CCc1nc(NCCCN)cc(=O)[nH]1. The van der Waals surface area contributed by atoms with Gasteiger partial charge in [0.05, 0.1) is 0 Å². The zero-order chi connectivity index (χ0) is 10.4. The second kappa shape index (κ2) is 5.39. The topological polar surface area (TPSA) is 83.8 Å². The van der Waals surface area contributed by atoms with Crippen LogP contribution in [0, 0.1) is 0 Å². The van der Waals surface area contributed by atoms with Gasteiger partial charge >= 0.3 is 0 Å². The highest BCUT2D eigenvalue weighted by Crippen LogP contribution is 1.98. The zero-order valence-corrected chi connectivity index (χ0v) is 8.34. The summed E-state index contributed by atoms with van der Waals surface area (Å²) in [6, 6.07) is 1.45. The summed E-state index contributed by atoms with van der Waals surface area (Å²) in [6.07, 6.45) is 1.59. The smallest absolute Gasteiger partial charge is 0.252 e. The Morgan fingerprint density at radius 1 is 1.64 bits per heavy atom. The van der Waals surface area contributed by atoms with Gasteiger partial charge in [0.1, 0.15) is 11.6 Å². The summed E-state index contributed by atoms with van der Waals surface area (Å²) >= 11 is 0. The van der Waals surface area contributed by atoms with Crippen LogP contribution in [0.4, 0.5) is 5.82 Å². The lowest BCUT2D eigenvalue weighted by molar-refractivity contribution is 0.858. The number of rotatable bonds is 5. The summed E-state index contributed by atoms with van der Waals surface area (Å²) in [6.45, 7) is 3.33. The zero-order valence-electron chi connectivity index (χ0n) is 8.34. The third-order valence-electron chi connectivity index (χ3n) is 1.81. The summed E-state index contributed by atoms with van der Waals surface area (Å²) in [5.74, 6) is 1.33. The van der Waals surface area contributed by atoms with Crippen LogP contribution in [0.2, 0.25) is 0 Å². The molecule has 0 spiro atoms. The average molecular weight is 196 g/mol. The van der Waals surface area contributed by atoms with Crippen molar-refractivity contribution in [2.75, 3.05) is 18.4 Å². The van der Waals surface area contributed by atoms with Crippen molar-refractivity contribution in [2.24, 2.45) is 5.73 Å². The van der Waals surface area contributed by atoms with Gasteiger partial charge in [0, 0.05) is 19.0 Å². The molecule has 0 fully saturated rings. The predicted octanol–water partition coefficient (Wildman–Crippen LogP) is 0.0930. The van der Waals surface area contributed by atoms with Crippen molar-refractivity contribution < 1.29 is 0 Å². The molecule has 0 aliphatic rings. The van der Waals surface area contributed by atoms with Crippen LogP contribution >= 0.6 is 0 Å². The van der Waals surface area contributed by atoms with Crippen molar-refractivity contribution in [3.05, 3.63) is 22.2 Å². The lowest BCUT2D eigenvalue weighted by Gasteiger charge is -2.04. The summed E-state index contributed by atoms with van der Waals surface area (Å²) < 4.78 is 0. The normalized spacial score (nSPS) is 10.1. The first-order valence-electron chi connectivity index (χ1n) is 4.80. The second-order valence-electron chi connectivity index (χ2n) is 3.00. The molecule has 1 aromatic rings. The van der Waals surface area contributed by atoms with E-state index >= 15 is 0 Å². The van der Waals surface area contributed by atoms with E-state index in [2.05, 4.69) is 15.3 Å². The van der Waals surface area contributed by atoms with Crippen LogP contribution in [0.3, 0.4) is 0 Å². The molecule has 0 atom stereocenters. The Morgan fingerprint density at radius 3 is 3.07 bits per heavy atom. The number of hydrogen-bond donors (Lipinski definition) is 3. The molecular formula is C9H16N4O. The van der Waals surface area contributed by atoms with Gasteiger partial charge in [-0.25, -0.2) is 4.98 Å². The molecule has 0 aliphatic carbocycles. The Morgan fingerprint density at radius 2 is 2.43 bits per heavy atom. The van der Waals surface area contributed by atoms with Crippen molar-refractivity contribution in [3.8, 4) is 0 Å². The van der Waals surface area contributed by atoms with Gasteiger partial charge in [-0.3, -0.25) is 4.79 Å². The van der Waals surface area contributed by atoms with E-state index < -0.39 is 0 Å². The van der Waals surface area contributed by atoms with Crippen LogP contribution < -0.4 is 16.6 Å². The van der Waals surface area contributed by atoms with Gasteiger partial charge in [0.2, 0.25) is 0 Å². The number of H-pyrrole nitrogens is 1. The molecule has 0 radical (unpaired) electrons. The van der Waals surface area contributed by atoms with Gasteiger partial charge in [-0.15, -0.1) is 0 Å². The molecule has 0 unspecified atom stereocenters. The Labute approximate surface area is 82.7 Å². The van der Waals surface area contributed by atoms with E-state index in [0.29, 0.717) is 18.2 Å². The third kappa shape index (κ3) is 3.18. The van der Waals surface area contributed by atoms with Crippen LogP contribution in [0.25, 0.3) is 0 Å². The molecule has 1 aromatic heterocycles. The maximum absolute atomic E-state index is 11.1. The minimum atomic E-state index is -0.118. The van der Waals surface area contributed by atoms with E-state index in [1.54, 1.807) is 0 Å². The molecule has 0 aliphatic heterocycles. The van der Waals surface area contributed by atoms with Crippen molar-refractivity contribution in [1.82, 2.24) is 9.97 Å². The largest absolute Gasteiger partial charge is 0.370 e. The fourth-order valence-electron chi connectivity index (χ4n) is 1.08. The minimum Gasteiger partial charge on any atom is -0.370 e. The first kappa shape index (κ1) is 10.7. The molecule has 0 saturated carbocycles. The van der Waals surface area contributed by atoms with Crippen molar-refractivity contribution in [1.29, 1.82) is 0 Å². The Kier molecular flexibility index (Phi) is 4.12. The number of nitrogens with zero attached hydrogens (tertiary/aromatic N) is 1. The fourth-order valence-corrected chi connectivity index (χ4v) is 1.08. The van der Waals surface area contributed by atoms with E-state index in [4.69, 9.17) is 5.73 Å². The molecule has 1 heterocycles. The van der Waals surface area contributed by atoms with Crippen LogP contribution in [-0.2, 0) is 6.42 Å². The van der Waals surface area contributed by atoms with Gasteiger partial charge < -0.3 is 16.0 Å². The van der Waals surface area contributed by atoms with Gasteiger partial charge in [0.15, 0.2) is 0 Å². The molecule has 0 aromatic carbocycles. The van der Waals surface area contributed by atoms with E-state index in [1.165, 1.54) is 6.07 Å². The number of aryl methyl sites for hydroxylation is 1. The summed E-state index contributed by atoms with van der Waals surface area (Å²) in [7, 11) is 0. The number of hydrogen-bond acceptors (Lipinski definition) is 4. The van der Waals surface area contributed by atoms with Gasteiger partial charge in [-0.1, -0.05) is 6.92 Å². The fraction of sp³-hybridized carbons (Fsp3) is 0.556. The molecule has 0 bridgehead atoms. The molecule has 14 heavy (non-hydrogen) atoms. The molecule has 0 amide bonds. The summed E-state index contributed by atoms with van der Waals surface area (Å²) in [5.41, 5.74) is 5.23. The summed E-state index contributed by atoms with van der Waals surface area (Å²) in [4.78, 5) is 18.0. The van der Waals surface area contributed by atoms with Crippen molar-refractivity contribution >= 4 is 5.82 Å². The third-order valence-corrected chi connectivity index (χ3v) is 1.81. The van der Waals surface area contributed by atoms with E-state index in [-0.39, 0.29) is 5.56 Å². The maximum atomic E-state index is 11.1. The highest BCUT2D eigenvalue weighted by molar-refractivity contribution is 5.32. The highest BCUT2D eigenvalue weighted by atomic mass is 16.1. The highest BCUT2D eigenvalue weighted by Gasteiger charge is 1.98. The molecule has 5 nitrogen and oxygen atoms in total. The minimum absolute atomic E-state index is 0.118. The van der Waals surface area contributed by atoms with Crippen LogP contribution in [0.1, 0.15) is 19.2 Å².